The van der Waals surface area contributed by atoms with E-state index < -0.39 is 10.8 Å². The molecule has 1 amide bonds. The van der Waals surface area contributed by atoms with E-state index >= 15 is 0 Å². The van der Waals surface area contributed by atoms with Gasteiger partial charge in [-0.2, -0.15) is 0 Å². The Morgan fingerprint density at radius 2 is 2.20 bits per heavy atom. The number of nitrogen functional groups attached to an aromatic ring is 1. The first-order valence-corrected chi connectivity index (χ1v) is 6.75. The van der Waals surface area contributed by atoms with E-state index in [1.807, 2.05) is 24.4 Å². The van der Waals surface area contributed by atoms with E-state index in [1.54, 1.807) is 0 Å². The lowest BCUT2D eigenvalue weighted by Crippen LogP contribution is -2.26. The minimum atomic E-state index is -0.593. The molecule has 0 saturated carbocycles. The second-order valence-corrected chi connectivity index (χ2v) is 5.22. The molecule has 0 aliphatic rings. The lowest BCUT2D eigenvalue weighted by atomic mass is 10.1. The first-order chi connectivity index (χ1) is 9.49. The molecule has 7 heteroatoms. The first kappa shape index (κ1) is 14.0. The fourth-order valence-electron chi connectivity index (χ4n) is 1.78. The van der Waals surface area contributed by atoms with Gasteiger partial charge in [0.25, 0.3) is 11.6 Å². The van der Waals surface area contributed by atoms with Gasteiger partial charge < -0.3 is 11.1 Å². The monoisotopic (exact) mass is 291 g/mol. The molecule has 0 saturated heterocycles. The minimum absolute atomic E-state index is 0.0293. The molecule has 2 rings (SSSR count). The maximum atomic E-state index is 12.2. The Balaban J connectivity index is 2.25. The molecule has 3 N–H and O–H groups in total. The smallest absolute Gasteiger partial charge is 0.282 e. The number of nitrogens with zero attached hydrogens (tertiary/aromatic N) is 1. The number of carbonyl (C=O) groups is 1. The Morgan fingerprint density at radius 3 is 2.80 bits per heavy atom. The van der Waals surface area contributed by atoms with Crippen LogP contribution in [0.5, 0.6) is 0 Å². The third-order valence-electron chi connectivity index (χ3n) is 2.78. The van der Waals surface area contributed by atoms with Gasteiger partial charge in [0.05, 0.1) is 11.0 Å². The van der Waals surface area contributed by atoms with Gasteiger partial charge in [-0.3, -0.25) is 14.9 Å². The Morgan fingerprint density at radius 1 is 1.45 bits per heavy atom. The number of hydrogen-bond donors (Lipinski definition) is 2. The number of nitro groups is 1. The van der Waals surface area contributed by atoms with Crippen molar-refractivity contribution in [3.8, 4) is 0 Å². The van der Waals surface area contributed by atoms with Gasteiger partial charge in [0, 0.05) is 16.6 Å². The van der Waals surface area contributed by atoms with Crippen molar-refractivity contribution < 1.29 is 9.72 Å². The third-order valence-corrected chi connectivity index (χ3v) is 3.83. The number of carbonyl (C=O) groups excluding carboxylic acids is 1. The largest absolute Gasteiger partial charge is 0.399 e. The van der Waals surface area contributed by atoms with Gasteiger partial charge >= 0.3 is 0 Å². The van der Waals surface area contributed by atoms with Gasteiger partial charge in [0.2, 0.25) is 0 Å². The third kappa shape index (κ3) is 2.94. The van der Waals surface area contributed by atoms with E-state index in [2.05, 4.69) is 5.32 Å². The number of nitro benzene ring substituents is 1. The highest BCUT2D eigenvalue weighted by molar-refractivity contribution is 7.10. The molecule has 1 atom stereocenters. The number of rotatable bonds is 4. The van der Waals surface area contributed by atoms with Crippen LogP contribution in [0.1, 0.15) is 28.2 Å². The number of nitrogens with one attached hydrogen (secondary N) is 1. The van der Waals surface area contributed by atoms with Crippen LogP contribution in [-0.2, 0) is 0 Å². The zero-order valence-electron chi connectivity index (χ0n) is 10.7. The normalized spacial score (nSPS) is 11.8. The van der Waals surface area contributed by atoms with Crippen LogP contribution in [0.2, 0.25) is 0 Å². The van der Waals surface area contributed by atoms with Crippen molar-refractivity contribution in [3.05, 3.63) is 56.3 Å². The van der Waals surface area contributed by atoms with E-state index in [-0.39, 0.29) is 17.3 Å². The summed E-state index contributed by atoms with van der Waals surface area (Å²) in [4.78, 5) is 23.5. The van der Waals surface area contributed by atoms with Gasteiger partial charge in [-0.25, -0.2) is 0 Å². The van der Waals surface area contributed by atoms with E-state index in [0.717, 1.165) is 4.88 Å². The van der Waals surface area contributed by atoms with Gasteiger partial charge in [0.1, 0.15) is 5.56 Å². The lowest BCUT2D eigenvalue weighted by molar-refractivity contribution is -0.385. The molecular formula is C13H13N3O3S. The minimum Gasteiger partial charge on any atom is -0.399 e. The summed E-state index contributed by atoms with van der Waals surface area (Å²) in [5.41, 5.74) is 5.62. The summed E-state index contributed by atoms with van der Waals surface area (Å²) < 4.78 is 0. The molecule has 1 aromatic carbocycles. The van der Waals surface area contributed by atoms with Crippen LogP contribution >= 0.6 is 11.3 Å². The van der Waals surface area contributed by atoms with Crippen LogP contribution in [-0.4, -0.2) is 10.8 Å². The van der Waals surface area contributed by atoms with Crippen molar-refractivity contribution in [1.82, 2.24) is 5.32 Å². The van der Waals surface area contributed by atoms with Crippen LogP contribution in [0, 0.1) is 10.1 Å². The molecular weight excluding hydrogens is 278 g/mol. The number of thiophene rings is 1. The second-order valence-electron chi connectivity index (χ2n) is 4.24. The van der Waals surface area contributed by atoms with E-state index in [4.69, 9.17) is 5.73 Å². The van der Waals surface area contributed by atoms with Crippen LogP contribution in [0.25, 0.3) is 0 Å². The van der Waals surface area contributed by atoms with E-state index in [0.29, 0.717) is 5.69 Å². The summed E-state index contributed by atoms with van der Waals surface area (Å²) >= 11 is 1.51. The quantitative estimate of drug-likeness (QED) is 0.514. The Hall–Kier alpha value is -2.41. The molecule has 0 fully saturated rings. The standard InChI is InChI=1S/C13H13N3O3S/c1-8(12-3-2-6-20-12)15-13(17)10-7-9(14)4-5-11(10)16(18)19/h2-8H,14H2,1H3,(H,15,17). The van der Waals surface area contributed by atoms with Gasteiger partial charge in [-0.1, -0.05) is 6.07 Å². The summed E-state index contributed by atoms with van der Waals surface area (Å²) in [6.45, 7) is 1.82. The molecule has 1 aromatic heterocycles. The molecule has 104 valence electrons. The zero-order chi connectivity index (χ0) is 14.7. The van der Waals surface area contributed by atoms with E-state index in [9.17, 15) is 14.9 Å². The fourth-order valence-corrected chi connectivity index (χ4v) is 2.51. The topological polar surface area (TPSA) is 98.3 Å². The summed E-state index contributed by atoms with van der Waals surface area (Å²) in [5, 5.41) is 15.6. The summed E-state index contributed by atoms with van der Waals surface area (Å²) in [7, 11) is 0. The molecule has 0 spiro atoms. The van der Waals surface area contributed by atoms with Crippen molar-refractivity contribution in [2.75, 3.05) is 5.73 Å². The van der Waals surface area contributed by atoms with Crippen molar-refractivity contribution in [2.24, 2.45) is 0 Å². The highest BCUT2D eigenvalue weighted by Crippen LogP contribution is 2.23. The number of anilines is 1. The van der Waals surface area contributed by atoms with Crippen molar-refractivity contribution in [3.63, 3.8) is 0 Å². The summed E-state index contributed by atoms with van der Waals surface area (Å²) in [6, 6.07) is 7.50. The number of hydrogen-bond acceptors (Lipinski definition) is 5. The molecule has 1 unspecified atom stereocenters. The zero-order valence-corrected chi connectivity index (χ0v) is 11.5. The SMILES string of the molecule is CC(NC(=O)c1cc(N)ccc1[N+](=O)[O-])c1cccs1. The molecule has 2 aromatic rings. The fraction of sp³-hybridized carbons (Fsp3) is 0.154. The maximum absolute atomic E-state index is 12.2. The van der Waals surface area contributed by atoms with Crippen molar-refractivity contribution in [1.29, 1.82) is 0 Å². The predicted octanol–water partition coefficient (Wildman–Crippen LogP) is 2.73. The van der Waals surface area contributed by atoms with Crippen LogP contribution in [0.4, 0.5) is 11.4 Å². The van der Waals surface area contributed by atoms with Crippen molar-refractivity contribution >= 4 is 28.6 Å². The molecule has 6 nitrogen and oxygen atoms in total. The Labute approximate surface area is 119 Å². The van der Waals surface area contributed by atoms with Crippen LogP contribution < -0.4 is 11.1 Å². The molecule has 0 bridgehead atoms. The van der Waals surface area contributed by atoms with Crippen LogP contribution in [0.15, 0.2) is 35.7 Å². The number of benzene rings is 1. The molecule has 0 radical (unpaired) electrons. The Bertz CT molecular complexity index is 640. The highest BCUT2D eigenvalue weighted by atomic mass is 32.1. The average molecular weight is 291 g/mol. The first-order valence-electron chi connectivity index (χ1n) is 5.87. The Kier molecular flexibility index (Phi) is 3.99. The summed E-state index contributed by atoms with van der Waals surface area (Å²) in [6.07, 6.45) is 0. The maximum Gasteiger partial charge on any atom is 0.282 e. The van der Waals surface area contributed by atoms with Gasteiger partial charge in [0.15, 0.2) is 0 Å². The predicted molar refractivity (Wildman–Crippen MR) is 77.7 cm³/mol. The molecule has 0 aliphatic heterocycles. The lowest BCUT2D eigenvalue weighted by Gasteiger charge is -2.12. The molecule has 1 heterocycles. The van der Waals surface area contributed by atoms with Gasteiger partial charge in [-0.15, -0.1) is 11.3 Å². The average Bonchev–Trinajstić information content (AvgIpc) is 2.92. The molecule has 0 aliphatic carbocycles. The van der Waals surface area contributed by atoms with Gasteiger partial charge in [-0.05, 0) is 30.5 Å². The van der Waals surface area contributed by atoms with E-state index in [1.165, 1.54) is 29.5 Å². The number of nitrogens with two attached hydrogens (primary N) is 1. The highest BCUT2D eigenvalue weighted by Gasteiger charge is 2.22. The summed E-state index contributed by atoms with van der Waals surface area (Å²) in [5.74, 6) is -0.509. The number of amides is 1. The second kappa shape index (κ2) is 5.70. The van der Waals surface area contributed by atoms with Crippen molar-refractivity contribution in [2.45, 2.75) is 13.0 Å². The molecule has 20 heavy (non-hydrogen) atoms. The van der Waals surface area contributed by atoms with Crippen LogP contribution in [0.3, 0.4) is 0 Å².